The minimum atomic E-state index is -0.136. The van der Waals surface area contributed by atoms with E-state index in [2.05, 4.69) is 73.9 Å². The van der Waals surface area contributed by atoms with Crippen LogP contribution in [0, 0.1) is 5.41 Å². The number of carbonyl (C=O) groups excluding carboxylic acids is 1. The van der Waals surface area contributed by atoms with E-state index in [9.17, 15) is 4.79 Å². The quantitative estimate of drug-likeness (QED) is 0.645. The molecule has 1 atom stereocenters. The Hall–Kier alpha value is 0.0900. The summed E-state index contributed by atoms with van der Waals surface area (Å²) >= 11 is 10.3. The first-order valence-corrected chi connectivity index (χ1v) is 8.66. The van der Waals surface area contributed by atoms with Crippen LogP contribution in [0.3, 0.4) is 0 Å². The summed E-state index contributed by atoms with van der Waals surface area (Å²) in [6, 6.07) is 3.63. The van der Waals surface area contributed by atoms with Gasteiger partial charge in [-0.3, -0.25) is 4.79 Å². The highest BCUT2D eigenvalue weighted by atomic mass is 79.9. The maximum atomic E-state index is 12.1. The van der Waals surface area contributed by atoms with Crippen molar-refractivity contribution in [3.05, 3.63) is 25.6 Å². The zero-order valence-corrected chi connectivity index (χ0v) is 16.5. The number of rotatable bonds is 4. The van der Waals surface area contributed by atoms with Gasteiger partial charge in [-0.2, -0.15) is 0 Å². The van der Waals surface area contributed by atoms with Crippen LogP contribution in [0.1, 0.15) is 33.6 Å². The average molecular weight is 471 g/mol. The van der Waals surface area contributed by atoms with E-state index in [-0.39, 0.29) is 17.4 Å². The van der Waals surface area contributed by atoms with Crippen LogP contribution in [-0.2, 0) is 4.79 Å². The number of benzene rings is 1. The van der Waals surface area contributed by atoms with Crippen molar-refractivity contribution in [2.45, 2.75) is 39.7 Å². The predicted molar refractivity (Wildman–Crippen MR) is 94.8 cm³/mol. The zero-order chi connectivity index (χ0) is 15.5. The summed E-state index contributed by atoms with van der Waals surface area (Å²) in [6.45, 7) is 6.35. The van der Waals surface area contributed by atoms with E-state index in [0.717, 1.165) is 25.5 Å². The number of anilines is 1. The number of nitrogens with two attached hydrogens (primary N) is 1. The number of nitrogens with one attached hydrogen (secondary N) is 1. The second-order valence-electron chi connectivity index (χ2n) is 6.02. The minimum Gasteiger partial charge on any atom is -0.327 e. The van der Waals surface area contributed by atoms with Crippen LogP contribution in [0.15, 0.2) is 25.6 Å². The number of amides is 1. The average Bonchev–Trinajstić information content (AvgIpc) is 2.20. The monoisotopic (exact) mass is 468 g/mol. The molecule has 1 aromatic carbocycles. The largest absolute Gasteiger partial charge is 0.327 e. The summed E-state index contributed by atoms with van der Waals surface area (Å²) in [5.41, 5.74) is 6.87. The number of halogens is 3. The van der Waals surface area contributed by atoms with E-state index in [4.69, 9.17) is 5.73 Å². The Labute approximate surface area is 145 Å². The maximum Gasteiger partial charge on any atom is 0.225 e. The third kappa shape index (κ3) is 6.24. The van der Waals surface area contributed by atoms with Crippen molar-refractivity contribution in [2.24, 2.45) is 11.1 Å². The Morgan fingerprint density at radius 1 is 1.25 bits per heavy atom. The fourth-order valence-electron chi connectivity index (χ4n) is 1.95. The smallest absolute Gasteiger partial charge is 0.225 e. The molecule has 0 aliphatic rings. The van der Waals surface area contributed by atoms with Crippen molar-refractivity contribution in [3.8, 4) is 0 Å². The summed E-state index contributed by atoms with van der Waals surface area (Å²) in [6.07, 6.45) is 1.12. The van der Waals surface area contributed by atoms with Gasteiger partial charge >= 0.3 is 0 Å². The first kappa shape index (κ1) is 18.1. The SMILES string of the molecule is CC(C)(C)CC(N)CC(=O)Nc1c(Br)cc(Br)cc1Br. The van der Waals surface area contributed by atoms with E-state index in [0.29, 0.717) is 6.42 Å². The second kappa shape index (κ2) is 7.38. The van der Waals surface area contributed by atoms with Gasteiger partial charge in [0, 0.05) is 25.9 Å². The molecule has 0 heterocycles. The van der Waals surface area contributed by atoms with Gasteiger partial charge in [-0.25, -0.2) is 0 Å². The van der Waals surface area contributed by atoms with Gasteiger partial charge in [-0.05, 0) is 55.8 Å². The van der Waals surface area contributed by atoms with Gasteiger partial charge in [-0.1, -0.05) is 36.7 Å². The van der Waals surface area contributed by atoms with E-state index < -0.39 is 0 Å². The molecule has 0 saturated heterocycles. The van der Waals surface area contributed by atoms with Crippen molar-refractivity contribution in [2.75, 3.05) is 5.32 Å². The molecule has 3 N–H and O–H groups in total. The van der Waals surface area contributed by atoms with Gasteiger partial charge in [-0.15, -0.1) is 0 Å². The summed E-state index contributed by atoms with van der Waals surface area (Å²) in [4.78, 5) is 12.1. The lowest BCUT2D eigenvalue weighted by Gasteiger charge is -2.22. The molecule has 1 aromatic rings. The molecule has 1 amide bonds. The van der Waals surface area contributed by atoms with Gasteiger partial charge in [0.25, 0.3) is 0 Å². The highest BCUT2D eigenvalue weighted by Crippen LogP contribution is 2.34. The fourth-order valence-corrected chi connectivity index (χ4v) is 4.41. The molecule has 1 rings (SSSR count). The topological polar surface area (TPSA) is 55.1 Å². The predicted octanol–water partition coefficient (Wildman–Crippen LogP) is 5.07. The van der Waals surface area contributed by atoms with Crippen molar-refractivity contribution < 1.29 is 4.79 Å². The van der Waals surface area contributed by atoms with Gasteiger partial charge in [0.15, 0.2) is 0 Å². The lowest BCUT2D eigenvalue weighted by Crippen LogP contribution is -2.31. The highest BCUT2D eigenvalue weighted by Gasteiger charge is 2.19. The molecule has 3 nitrogen and oxygen atoms in total. The van der Waals surface area contributed by atoms with Gasteiger partial charge in [0.05, 0.1) is 5.69 Å². The Balaban J connectivity index is 2.68. The third-order valence-corrected chi connectivity index (χ3v) is 4.30. The zero-order valence-electron chi connectivity index (χ0n) is 11.8. The van der Waals surface area contributed by atoms with Crippen molar-refractivity contribution in [1.82, 2.24) is 0 Å². The second-order valence-corrected chi connectivity index (χ2v) is 8.65. The Bertz CT molecular complexity index is 475. The molecule has 0 radical (unpaired) electrons. The molecule has 20 heavy (non-hydrogen) atoms. The van der Waals surface area contributed by atoms with E-state index in [1.54, 1.807) is 0 Å². The van der Waals surface area contributed by atoms with Crippen molar-refractivity contribution >= 4 is 59.4 Å². The molecular weight excluding hydrogens is 452 g/mol. The standard InChI is InChI=1S/C14H19Br3N2O/c1-14(2,3)7-9(18)6-12(20)19-13-10(16)4-8(15)5-11(13)17/h4-5,9H,6-7,18H2,1-3H3,(H,19,20). The Morgan fingerprint density at radius 3 is 2.20 bits per heavy atom. The molecule has 0 aliphatic carbocycles. The van der Waals surface area contributed by atoms with Crippen LogP contribution < -0.4 is 11.1 Å². The minimum absolute atomic E-state index is 0.0783. The fraction of sp³-hybridized carbons (Fsp3) is 0.500. The molecule has 0 fully saturated rings. The van der Waals surface area contributed by atoms with Crippen LogP contribution >= 0.6 is 47.8 Å². The first-order valence-electron chi connectivity index (χ1n) is 6.28. The van der Waals surface area contributed by atoms with Crippen molar-refractivity contribution in [3.63, 3.8) is 0 Å². The van der Waals surface area contributed by atoms with E-state index in [1.165, 1.54) is 0 Å². The van der Waals surface area contributed by atoms with Crippen LogP contribution in [0.4, 0.5) is 5.69 Å². The number of carbonyl (C=O) groups is 1. The van der Waals surface area contributed by atoms with Crippen LogP contribution in [0.25, 0.3) is 0 Å². The molecule has 0 bridgehead atoms. The highest BCUT2D eigenvalue weighted by molar-refractivity contribution is 9.11. The molecule has 0 saturated carbocycles. The lowest BCUT2D eigenvalue weighted by atomic mass is 9.87. The maximum absolute atomic E-state index is 12.1. The molecule has 1 unspecified atom stereocenters. The van der Waals surface area contributed by atoms with Crippen LogP contribution in [0.5, 0.6) is 0 Å². The molecule has 0 aliphatic heterocycles. The number of hydrogen-bond donors (Lipinski definition) is 2. The van der Waals surface area contributed by atoms with E-state index >= 15 is 0 Å². The Kier molecular flexibility index (Phi) is 6.70. The Morgan fingerprint density at radius 2 is 1.75 bits per heavy atom. The summed E-state index contributed by atoms with van der Waals surface area (Å²) < 4.78 is 2.56. The first-order chi connectivity index (χ1) is 9.08. The van der Waals surface area contributed by atoms with Crippen LogP contribution in [0.2, 0.25) is 0 Å². The van der Waals surface area contributed by atoms with E-state index in [1.807, 2.05) is 12.1 Å². The molecular formula is C14H19Br3N2O. The molecule has 0 aromatic heterocycles. The summed E-state index contributed by atoms with van der Waals surface area (Å²) in [7, 11) is 0. The van der Waals surface area contributed by atoms with Gasteiger partial charge in [0.1, 0.15) is 0 Å². The van der Waals surface area contributed by atoms with Crippen molar-refractivity contribution in [1.29, 1.82) is 0 Å². The third-order valence-electron chi connectivity index (χ3n) is 2.59. The normalized spacial score (nSPS) is 13.2. The summed E-state index contributed by atoms with van der Waals surface area (Å²) in [5, 5.41) is 2.89. The number of hydrogen-bond acceptors (Lipinski definition) is 2. The van der Waals surface area contributed by atoms with Crippen LogP contribution in [-0.4, -0.2) is 11.9 Å². The summed E-state index contributed by atoms with van der Waals surface area (Å²) in [5.74, 6) is -0.0783. The molecule has 0 spiro atoms. The van der Waals surface area contributed by atoms with Gasteiger partial charge < -0.3 is 11.1 Å². The van der Waals surface area contributed by atoms with Gasteiger partial charge in [0.2, 0.25) is 5.91 Å². The molecule has 112 valence electrons. The molecule has 6 heteroatoms. The lowest BCUT2D eigenvalue weighted by molar-refractivity contribution is -0.116.